The van der Waals surface area contributed by atoms with Gasteiger partial charge in [0.25, 0.3) is 0 Å². The molecule has 0 spiro atoms. The quantitative estimate of drug-likeness (QED) is 0.421. The second-order valence-corrected chi connectivity index (χ2v) is 6.42. The summed E-state index contributed by atoms with van der Waals surface area (Å²) in [5.74, 6) is -0.295. The molecule has 0 aromatic carbocycles. The summed E-state index contributed by atoms with van der Waals surface area (Å²) in [5, 5.41) is 0. The third kappa shape index (κ3) is 5.07. The van der Waals surface area contributed by atoms with Gasteiger partial charge in [-0.1, -0.05) is 0 Å². The number of halogens is 4. The zero-order valence-corrected chi connectivity index (χ0v) is 13.8. The molecule has 0 aliphatic carbocycles. The zero-order chi connectivity index (χ0) is 15.7. The van der Waals surface area contributed by atoms with Crippen LogP contribution in [-0.2, 0) is 19.0 Å². The van der Waals surface area contributed by atoms with Crippen LogP contribution in [0.25, 0.3) is 0 Å². The van der Waals surface area contributed by atoms with E-state index in [1.165, 1.54) is 12.3 Å². The van der Waals surface area contributed by atoms with E-state index in [4.69, 9.17) is 4.74 Å². The minimum absolute atomic E-state index is 0. The molecule has 1 aliphatic heterocycles. The molecule has 0 bridgehead atoms. The average molecular weight is 428 g/mol. The SMILES string of the molecule is O=S(=O)(OC1=CC(c2ccnc(Br)c2)OCC1)C(F)(F)F.[Ar]. The van der Waals surface area contributed by atoms with Crippen LogP contribution in [0.4, 0.5) is 13.2 Å². The Bertz CT molecular complexity index is 666. The van der Waals surface area contributed by atoms with Crippen molar-refractivity contribution in [2.24, 2.45) is 0 Å². The number of ether oxygens (including phenoxy) is 1. The standard InChI is InChI=1S/C11H9BrF3NO4S.Ar/c12-10-5-7(1-3-16-10)9-6-8(2-4-19-9)20-21(17,18)11(13,14)15;/h1,3,5-6,9H,2,4H2;. The maximum atomic E-state index is 12.3. The maximum absolute atomic E-state index is 12.3. The van der Waals surface area contributed by atoms with E-state index in [0.29, 0.717) is 10.2 Å². The van der Waals surface area contributed by atoms with Gasteiger partial charge in [-0.05, 0) is 39.7 Å². The molecule has 1 aromatic rings. The molecule has 0 radical (unpaired) electrons. The predicted octanol–water partition coefficient (Wildman–Crippen LogP) is 3.06. The van der Waals surface area contributed by atoms with Gasteiger partial charge in [0.05, 0.1) is 6.61 Å². The summed E-state index contributed by atoms with van der Waals surface area (Å²) >= 11 is 3.16. The number of nitrogens with zero attached hydrogens (tertiary/aromatic N) is 1. The first-order valence-corrected chi connectivity index (χ1v) is 7.84. The van der Waals surface area contributed by atoms with Gasteiger partial charge in [0.2, 0.25) is 0 Å². The van der Waals surface area contributed by atoms with Gasteiger partial charge in [-0.25, -0.2) is 4.98 Å². The fraction of sp³-hybridized carbons (Fsp3) is 0.364. The molecular weight excluding hydrogens is 419 g/mol. The summed E-state index contributed by atoms with van der Waals surface area (Å²) in [6.45, 7) is 0.0455. The minimum Gasteiger partial charge on any atom is -0.381 e. The van der Waals surface area contributed by atoms with Crippen molar-refractivity contribution < 1.29 is 68.2 Å². The van der Waals surface area contributed by atoms with Crippen molar-refractivity contribution in [1.29, 1.82) is 0 Å². The molecule has 1 aliphatic rings. The molecular formula is C11H9ArBrF3NO4S. The molecule has 2 rings (SSSR count). The van der Waals surface area contributed by atoms with E-state index in [1.54, 1.807) is 12.1 Å². The fourth-order valence-corrected chi connectivity index (χ4v) is 2.53. The number of pyridine rings is 1. The molecule has 22 heavy (non-hydrogen) atoms. The van der Waals surface area contributed by atoms with Gasteiger partial charge in [0.1, 0.15) is 16.5 Å². The summed E-state index contributed by atoms with van der Waals surface area (Å²) in [7, 11) is -5.66. The van der Waals surface area contributed by atoms with E-state index in [2.05, 4.69) is 25.1 Å². The van der Waals surface area contributed by atoms with Crippen molar-refractivity contribution >= 4 is 26.0 Å². The second-order valence-electron chi connectivity index (χ2n) is 4.07. The van der Waals surface area contributed by atoms with Gasteiger partial charge >= 0.3 is 15.6 Å². The van der Waals surface area contributed by atoms with Crippen LogP contribution in [0.5, 0.6) is 0 Å². The van der Waals surface area contributed by atoms with Crippen molar-refractivity contribution in [1.82, 2.24) is 4.98 Å². The van der Waals surface area contributed by atoms with Gasteiger partial charge in [-0.15, -0.1) is 0 Å². The first-order chi connectivity index (χ1) is 9.69. The van der Waals surface area contributed by atoms with E-state index in [-0.39, 0.29) is 56.5 Å². The molecule has 1 unspecified atom stereocenters. The van der Waals surface area contributed by atoms with Crippen LogP contribution >= 0.6 is 15.9 Å². The van der Waals surface area contributed by atoms with Crippen LogP contribution in [0.1, 0.15) is 18.1 Å². The number of alkyl halides is 3. The summed E-state index contributed by atoms with van der Waals surface area (Å²) in [4.78, 5) is 3.91. The topological polar surface area (TPSA) is 65.5 Å². The third-order valence-electron chi connectivity index (χ3n) is 2.56. The predicted molar refractivity (Wildman–Crippen MR) is 69.4 cm³/mol. The molecule has 0 saturated carbocycles. The van der Waals surface area contributed by atoms with Gasteiger partial charge in [-0.2, -0.15) is 21.6 Å². The van der Waals surface area contributed by atoms with Crippen molar-refractivity contribution in [3.8, 4) is 0 Å². The number of hydrogen-bond acceptors (Lipinski definition) is 5. The number of aromatic nitrogens is 1. The summed E-state index contributed by atoms with van der Waals surface area (Å²) in [5.41, 5.74) is -4.84. The van der Waals surface area contributed by atoms with Crippen LogP contribution in [0.15, 0.2) is 34.8 Å². The third-order valence-corrected chi connectivity index (χ3v) is 4.00. The average Bonchev–Trinajstić information content (AvgIpc) is 2.37. The van der Waals surface area contributed by atoms with Crippen LogP contribution in [0.3, 0.4) is 0 Å². The Balaban J connectivity index is 0.00000242. The molecule has 11 heteroatoms. The first-order valence-electron chi connectivity index (χ1n) is 5.63. The second kappa shape index (κ2) is 7.80. The molecule has 0 saturated heterocycles. The van der Waals surface area contributed by atoms with Gasteiger partial charge in [0.15, 0.2) is 0 Å². The van der Waals surface area contributed by atoms with Crippen LogP contribution < -0.4 is 0 Å². The largest absolute Gasteiger partial charge is 0.534 e. The molecule has 1 aromatic heterocycles. The van der Waals surface area contributed by atoms with Crippen molar-refractivity contribution in [2.75, 3.05) is 6.61 Å². The van der Waals surface area contributed by atoms with E-state index >= 15 is 0 Å². The van der Waals surface area contributed by atoms with Crippen molar-refractivity contribution in [2.45, 2.75) is 18.0 Å². The Kier molecular flexibility index (Phi) is 7.15. The molecule has 1 atom stereocenters. The van der Waals surface area contributed by atoms with Gasteiger partial charge < -0.3 is 8.92 Å². The van der Waals surface area contributed by atoms with Gasteiger partial charge in [0, 0.05) is 50.4 Å². The van der Waals surface area contributed by atoms with Crippen molar-refractivity contribution in [3.05, 3.63) is 40.3 Å². The van der Waals surface area contributed by atoms with Crippen LogP contribution in [0.2, 0.25) is 0 Å². The smallest absolute Gasteiger partial charge is 0.381 e. The van der Waals surface area contributed by atoms with Crippen LogP contribution in [-0.4, -0.2) is 25.5 Å². The maximum Gasteiger partial charge on any atom is 0.534 e. The Morgan fingerprint density at radius 2 is 2.09 bits per heavy atom. The van der Waals surface area contributed by atoms with E-state index < -0.39 is 21.7 Å². The van der Waals surface area contributed by atoms with Crippen molar-refractivity contribution in [3.63, 3.8) is 0 Å². The molecule has 0 fully saturated rings. The molecule has 2 heterocycles. The zero-order valence-electron chi connectivity index (χ0n) is 10.7. The Morgan fingerprint density at radius 3 is 2.68 bits per heavy atom. The van der Waals surface area contributed by atoms with Crippen LogP contribution in [0, 0.1) is 37.7 Å². The molecule has 124 valence electrons. The Labute approximate surface area is 163 Å². The first kappa shape index (κ1) is 20.2. The molecule has 0 amide bonds. The minimum atomic E-state index is -5.66. The van der Waals surface area contributed by atoms with E-state index in [1.807, 2.05) is 0 Å². The molecule has 0 N–H and O–H groups in total. The Hall–Kier alpha value is 0.130. The summed E-state index contributed by atoms with van der Waals surface area (Å²) in [6.07, 6.45) is 1.93. The fourth-order valence-electron chi connectivity index (χ4n) is 1.63. The van der Waals surface area contributed by atoms with Gasteiger partial charge in [-0.3, -0.25) is 0 Å². The normalized spacial score (nSPS) is 19.1. The monoisotopic (exact) mass is 427 g/mol. The Morgan fingerprint density at radius 1 is 1.41 bits per heavy atom. The summed E-state index contributed by atoms with van der Waals surface area (Å²) in [6, 6.07) is 3.22. The van der Waals surface area contributed by atoms with E-state index in [0.717, 1.165) is 0 Å². The number of rotatable bonds is 3. The number of hydrogen-bond donors (Lipinski definition) is 0. The molecule has 5 nitrogen and oxygen atoms in total. The summed E-state index contributed by atoms with van der Waals surface area (Å²) < 4.78 is 68.8. The van der Waals surface area contributed by atoms with E-state index in [9.17, 15) is 21.6 Å².